The van der Waals surface area contributed by atoms with E-state index in [0.717, 1.165) is 55.5 Å². The number of carbonyl (C=O) groups is 1. The van der Waals surface area contributed by atoms with Crippen molar-refractivity contribution in [3.63, 3.8) is 0 Å². The first-order chi connectivity index (χ1) is 10.2. The number of aromatic nitrogens is 2. The number of carboxylic acids is 1. The van der Waals surface area contributed by atoms with E-state index in [2.05, 4.69) is 16.5 Å². The van der Waals surface area contributed by atoms with Crippen LogP contribution in [0.15, 0.2) is 18.2 Å². The van der Waals surface area contributed by atoms with Crippen molar-refractivity contribution >= 4 is 17.0 Å². The molecular weight excluding hydrogens is 268 g/mol. The van der Waals surface area contributed by atoms with Gasteiger partial charge in [-0.3, -0.25) is 0 Å². The van der Waals surface area contributed by atoms with Crippen LogP contribution in [0.1, 0.15) is 48.8 Å². The molecule has 0 spiro atoms. The summed E-state index contributed by atoms with van der Waals surface area (Å²) in [4.78, 5) is 15.6. The Morgan fingerprint density at radius 3 is 2.67 bits per heavy atom. The van der Waals surface area contributed by atoms with E-state index in [0.29, 0.717) is 0 Å². The number of imidazole rings is 1. The highest BCUT2D eigenvalue weighted by molar-refractivity contribution is 5.92. The van der Waals surface area contributed by atoms with Crippen molar-refractivity contribution in [2.45, 2.75) is 45.6 Å². The Morgan fingerprint density at radius 1 is 1.24 bits per heavy atom. The van der Waals surface area contributed by atoms with Crippen molar-refractivity contribution in [2.75, 3.05) is 6.61 Å². The molecule has 114 valence electrons. The molecule has 2 rings (SSSR count). The van der Waals surface area contributed by atoms with Crippen molar-refractivity contribution in [3.05, 3.63) is 29.6 Å². The third kappa shape index (κ3) is 3.61. The summed E-state index contributed by atoms with van der Waals surface area (Å²) in [6.07, 6.45) is 4.84. The maximum absolute atomic E-state index is 11.0. The molecule has 5 heteroatoms. The number of fused-ring (bicyclic) bond motifs is 1. The molecule has 0 radical (unpaired) electrons. The van der Waals surface area contributed by atoms with Crippen LogP contribution in [0.25, 0.3) is 11.0 Å². The van der Waals surface area contributed by atoms with Gasteiger partial charge in [-0.25, -0.2) is 9.78 Å². The lowest BCUT2D eigenvalue weighted by molar-refractivity contribution is 0.0697. The normalized spacial score (nSPS) is 11.1. The Balaban J connectivity index is 2.19. The predicted octanol–water partition coefficient (Wildman–Crippen LogP) is 2.85. The van der Waals surface area contributed by atoms with Gasteiger partial charge in [0.15, 0.2) is 0 Å². The molecule has 0 aliphatic heterocycles. The van der Waals surface area contributed by atoms with Gasteiger partial charge in [-0.2, -0.15) is 0 Å². The number of nitrogens with zero attached hydrogens (tertiary/aromatic N) is 2. The summed E-state index contributed by atoms with van der Waals surface area (Å²) in [6, 6.07) is 5.12. The van der Waals surface area contributed by atoms with Gasteiger partial charge in [0.05, 0.1) is 16.6 Å². The average Bonchev–Trinajstić information content (AvgIpc) is 2.84. The van der Waals surface area contributed by atoms with E-state index in [-0.39, 0.29) is 12.2 Å². The molecule has 1 aromatic carbocycles. The van der Waals surface area contributed by atoms with Crippen LogP contribution in [0.2, 0.25) is 0 Å². The highest BCUT2D eigenvalue weighted by Crippen LogP contribution is 2.19. The van der Waals surface area contributed by atoms with E-state index in [1.807, 2.05) is 6.07 Å². The summed E-state index contributed by atoms with van der Waals surface area (Å²) in [6.45, 7) is 3.20. The fourth-order valence-electron chi connectivity index (χ4n) is 2.57. The minimum Gasteiger partial charge on any atom is -0.478 e. The molecule has 2 aromatic rings. The third-order valence-electron chi connectivity index (χ3n) is 3.68. The minimum atomic E-state index is -0.923. The van der Waals surface area contributed by atoms with Gasteiger partial charge in [-0.1, -0.05) is 19.8 Å². The van der Waals surface area contributed by atoms with Crippen LogP contribution in [0, 0.1) is 0 Å². The van der Waals surface area contributed by atoms with Gasteiger partial charge < -0.3 is 14.8 Å². The number of aryl methyl sites for hydroxylation is 2. The lowest BCUT2D eigenvalue weighted by Crippen LogP contribution is -2.03. The summed E-state index contributed by atoms with van der Waals surface area (Å²) in [5.74, 6) is 0.0724. The van der Waals surface area contributed by atoms with Gasteiger partial charge in [-0.15, -0.1) is 0 Å². The number of aliphatic hydroxyl groups excluding tert-OH is 1. The van der Waals surface area contributed by atoms with Crippen molar-refractivity contribution in [1.29, 1.82) is 0 Å². The van der Waals surface area contributed by atoms with Gasteiger partial charge in [-0.05, 0) is 31.0 Å². The van der Waals surface area contributed by atoms with Crippen LogP contribution in [-0.2, 0) is 13.0 Å². The molecule has 0 atom stereocenters. The SMILES string of the molecule is CCc1nc2cc(C(=O)O)ccc2n1CCCCCCO. The molecule has 0 amide bonds. The van der Waals surface area contributed by atoms with Crippen molar-refractivity contribution in [3.8, 4) is 0 Å². The van der Waals surface area contributed by atoms with Gasteiger partial charge in [0.25, 0.3) is 0 Å². The zero-order chi connectivity index (χ0) is 15.2. The topological polar surface area (TPSA) is 75.3 Å². The van der Waals surface area contributed by atoms with Gasteiger partial charge in [0.1, 0.15) is 5.82 Å². The number of aromatic carboxylic acids is 1. The quantitative estimate of drug-likeness (QED) is 0.733. The lowest BCUT2D eigenvalue weighted by atomic mass is 10.2. The molecule has 0 aliphatic carbocycles. The number of rotatable bonds is 8. The summed E-state index contributed by atoms with van der Waals surface area (Å²) in [7, 11) is 0. The molecule has 1 heterocycles. The predicted molar refractivity (Wildman–Crippen MR) is 81.6 cm³/mol. The Labute approximate surface area is 124 Å². The van der Waals surface area contributed by atoms with E-state index in [4.69, 9.17) is 10.2 Å². The number of hydrogen-bond donors (Lipinski definition) is 2. The largest absolute Gasteiger partial charge is 0.478 e. The van der Waals surface area contributed by atoms with Crippen LogP contribution in [0.4, 0.5) is 0 Å². The standard InChI is InChI=1S/C16H22N2O3/c1-2-15-17-13-11-12(16(20)21)7-8-14(13)18(15)9-5-3-4-6-10-19/h7-8,11,19H,2-6,9-10H2,1H3,(H,20,21). The fourth-order valence-corrected chi connectivity index (χ4v) is 2.57. The van der Waals surface area contributed by atoms with Crippen LogP contribution < -0.4 is 0 Å². The van der Waals surface area contributed by atoms with E-state index in [9.17, 15) is 4.79 Å². The molecule has 0 saturated carbocycles. The minimum absolute atomic E-state index is 0.256. The molecular formula is C16H22N2O3. The van der Waals surface area contributed by atoms with Crippen molar-refractivity contribution in [2.24, 2.45) is 0 Å². The average molecular weight is 290 g/mol. The van der Waals surface area contributed by atoms with Gasteiger partial charge in [0.2, 0.25) is 0 Å². The second kappa shape index (κ2) is 7.22. The first kappa shape index (κ1) is 15.5. The zero-order valence-electron chi connectivity index (χ0n) is 12.4. The third-order valence-corrected chi connectivity index (χ3v) is 3.68. The Morgan fingerprint density at radius 2 is 2.00 bits per heavy atom. The molecule has 21 heavy (non-hydrogen) atoms. The number of unbranched alkanes of at least 4 members (excludes halogenated alkanes) is 3. The summed E-state index contributed by atoms with van der Waals surface area (Å²) in [5.41, 5.74) is 2.03. The zero-order valence-corrected chi connectivity index (χ0v) is 12.4. The second-order valence-corrected chi connectivity index (χ2v) is 5.18. The number of carboxylic acid groups (broad SMARTS) is 1. The van der Waals surface area contributed by atoms with E-state index in [1.165, 1.54) is 0 Å². The van der Waals surface area contributed by atoms with Crippen LogP contribution >= 0.6 is 0 Å². The van der Waals surface area contributed by atoms with Crippen LogP contribution in [0.5, 0.6) is 0 Å². The molecule has 0 aliphatic rings. The molecule has 5 nitrogen and oxygen atoms in total. The highest BCUT2D eigenvalue weighted by Gasteiger charge is 2.11. The molecule has 0 unspecified atom stereocenters. The molecule has 0 fully saturated rings. The van der Waals surface area contributed by atoms with Crippen LogP contribution in [-0.4, -0.2) is 32.3 Å². The monoisotopic (exact) mass is 290 g/mol. The van der Waals surface area contributed by atoms with Gasteiger partial charge in [0, 0.05) is 19.6 Å². The molecule has 0 saturated heterocycles. The highest BCUT2D eigenvalue weighted by atomic mass is 16.4. The number of benzene rings is 1. The second-order valence-electron chi connectivity index (χ2n) is 5.18. The van der Waals surface area contributed by atoms with Crippen molar-refractivity contribution < 1.29 is 15.0 Å². The first-order valence-corrected chi connectivity index (χ1v) is 7.50. The molecule has 2 N–H and O–H groups in total. The molecule has 1 aromatic heterocycles. The fraction of sp³-hybridized carbons (Fsp3) is 0.500. The number of hydrogen-bond acceptors (Lipinski definition) is 3. The Kier molecular flexibility index (Phi) is 5.33. The Bertz CT molecular complexity index is 619. The maximum Gasteiger partial charge on any atom is 0.335 e. The Hall–Kier alpha value is -1.88. The number of aliphatic hydroxyl groups is 1. The first-order valence-electron chi connectivity index (χ1n) is 7.50. The summed E-state index contributed by atoms with van der Waals surface area (Å²) < 4.78 is 2.18. The lowest BCUT2D eigenvalue weighted by Gasteiger charge is -2.08. The van der Waals surface area contributed by atoms with E-state index >= 15 is 0 Å². The smallest absolute Gasteiger partial charge is 0.335 e. The summed E-state index contributed by atoms with van der Waals surface area (Å²) >= 11 is 0. The van der Waals surface area contributed by atoms with Gasteiger partial charge >= 0.3 is 5.97 Å². The van der Waals surface area contributed by atoms with E-state index < -0.39 is 5.97 Å². The molecule has 0 bridgehead atoms. The maximum atomic E-state index is 11.0. The summed E-state index contributed by atoms with van der Waals surface area (Å²) in [5, 5.41) is 17.8. The van der Waals surface area contributed by atoms with E-state index in [1.54, 1.807) is 12.1 Å². The van der Waals surface area contributed by atoms with Crippen LogP contribution in [0.3, 0.4) is 0 Å². The van der Waals surface area contributed by atoms with Crippen molar-refractivity contribution in [1.82, 2.24) is 9.55 Å².